The minimum Gasteiger partial charge on any atom is -0.469 e. The number of hydrogen-bond donors (Lipinski definition) is 0. The number of carbonyl (C=O) groups is 2. The second kappa shape index (κ2) is 5.74. The van der Waals surface area contributed by atoms with Crippen molar-refractivity contribution >= 4 is 11.9 Å². The van der Waals surface area contributed by atoms with Crippen molar-refractivity contribution in [3.63, 3.8) is 0 Å². The average molecular weight is 281 g/mol. The summed E-state index contributed by atoms with van der Waals surface area (Å²) >= 11 is 0. The van der Waals surface area contributed by atoms with E-state index < -0.39 is 0 Å². The molecule has 0 radical (unpaired) electrons. The molecule has 4 nitrogen and oxygen atoms in total. The Morgan fingerprint density at radius 3 is 2.50 bits per heavy atom. The van der Waals surface area contributed by atoms with E-state index in [4.69, 9.17) is 4.74 Å². The molecule has 3 atom stereocenters. The quantitative estimate of drug-likeness (QED) is 0.731. The predicted molar refractivity (Wildman–Crippen MR) is 77.0 cm³/mol. The lowest BCUT2D eigenvalue weighted by atomic mass is 9.68. The van der Waals surface area contributed by atoms with Gasteiger partial charge in [-0.2, -0.15) is 0 Å². The molecule has 1 amide bonds. The molecule has 1 aliphatic carbocycles. The van der Waals surface area contributed by atoms with Gasteiger partial charge in [-0.1, -0.05) is 33.6 Å². The van der Waals surface area contributed by atoms with E-state index in [1.807, 2.05) is 11.8 Å². The molecule has 3 unspecified atom stereocenters. The maximum atomic E-state index is 12.8. The Morgan fingerprint density at radius 1 is 1.20 bits per heavy atom. The molecule has 1 saturated heterocycles. The molecular formula is C16H27NO3. The lowest BCUT2D eigenvalue weighted by Crippen LogP contribution is -2.43. The molecule has 0 spiro atoms. The summed E-state index contributed by atoms with van der Waals surface area (Å²) in [5, 5.41) is 0. The third-order valence-electron chi connectivity index (χ3n) is 5.23. The van der Waals surface area contributed by atoms with E-state index in [2.05, 4.69) is 13.8 Å². The fourth-order valence-electron chi connectivity index (χ4n) is 3.78. The Morgan fingerprint density at radius 2 is 1.90 bits per heavy atom. The first-order chi connectivity index (χ1) is 9.36. The third kappa shape index (κ3) is 2.84. The first-order valence-electron chi connectivity index (χ1n) is 7.73. The maximum absolute atomic E-state index is 12.8. The summed E-state index contributed by atoms with van der Waals surface area (Å²) in [7, 11) is 1.42. The van der Waals surface area contributed by atoms with Crippen LogP contribution in [0.3, 0.4) is 0 Å². The Balaban J connectivity index is 2.05. The molecule has 0 bridgehead atoms. The van der Waals surface area contributed by atoms with Crippen LogP contribution < -0.4 is 0 Å². The van der Waals surface area contributed by atoms with E-state index >= 15 is 0 Å². The van der Waals surface area contributed by atoms with Crippen LogP contribution >= 0.6 is 0 Å². The van der Waals surface area contributed by atoms with Gasteiger partial charge in [0.25, 0.3) is 0 Å². The molecule has 1 saturated carbocycles. The highest BCUT2D eigenvalue weighted by atomic mass is 16.5. The zero-order chi connectivity index (χ0) is 14.9. The number of rotatable bonds is 2. The highest BCUT2D eigenvalue weighted by molar-refractivity contribution is 5.82. The summed E-state index contributed by atoms with van der Waals surface area (Å²) in [4.78, 5) is 26.4. The summed E-state index contributed by atoms with van der Waals surface area (Å²) in [6.45, 7) is 7.64. The smallest absolute Gasteiger partial charge is 0.310 e. The van der Waals surface area contributed by atoms with Crippen LogP contribution in [0.15, 0.2) is 0 Å². The molecule has 0 aromatic heterocycles. The van der Waals surface area contributed by atoms with Crippen LogP contribution in [0.1, 0.15) is 46.5 Å². The number of carbonyl (C=O) groups excluding carboxylic acids is 2. The van der Waals surface area contributed by atoms with Crippen LogP contribution in [-0.4, -0.2) is 37.0 Å². The molecule has 1 aliphatic heterocycles. The molecule has 2 fully saturated rings. The zero-order valence-electron chi connectivity index (χ0n) is 13.1. The maximum Gasteiger partial charge on any atom is 0.310 e. The number of likely N-dealkylation sites (tertiary alicyclic amines) is 1. The summed E-state index contributed by atoms with van der Waals surface area (Å²) in [5.74, 6) is 0.206. The normalized spacial score (nSPS) is 33.0. The lowest BCUT2D eigenvalue weighted by molar-refractivity contribution is -0.146. The molecule has 0 N–H and O–H groups in total. The van der Waals surface area contributed by atoms with Crippen LogP contribution in [0.4, 0.5) is 0 Å². The van der Waals surface area contributed by atoms with Crippen molar-refractivity contribution in [2.45, 2.75) is 46.5 Å². The van der Waals surface area contributed by atoms with E-state index in [-0.39, 0.29) is 35.0 Å². The first kappa shape index (κ1) is 15.3. The van der Waals surface area contributed by atoms with E-state index in [1.54, 1.807) is 0 Å². The van der Waals surface area contributed by atoms with Gasteiger partial charge < -0.3 is 9.64 Å². The topological polar surface area (TPSA) is 46.6 Å². The van der Waals surface area contributed by atoms with Gasteiger partial charge in [0.05, 0.1) is 13.0 Å². The van der Waals surface area contributed by atoms with Gasteiger partial charge in [0.15, 0.2) is 0 Å². The van der Waals surface area contributed by atoms with Crippen LogP contribution in [-0.2, 0) is 14.3 Å². The third-order valence-corrected chi connectivity index (χ3v) is 5.23. The van der Waals surface area contributed by atoms with Crippen LogP contribution in [0.2, 0.25) is 0 Å². The molecule has 2 rings (SSSR count). The van der Waals surface area contributed by atoms with Gasteiger partial charge in [0.2, 0.25) is 5.91 Å². The number of hydrogen-bond acceptors (Lipinski definition) is 3. The first-order valence-corrected chi connectivity index (χ1v) is 7.73. The number of ether oxygens (including phenoxy) is 1. The van der Waals surface area contributed by atoms with Gasteiger partial charge in [-0.15, -0.1) is 0 Å². The summed E-state index contributed by atoms with van der Waals surface area (Å²) in [6, 6.07) is 0. The van der Waals surface area contributed by atoms with Crippen LogP contribution in [0.5, 0.6) is 0 Å². The van der Waals surface area contributed by atoms with Crippen molar-refractivity contribution in [2.24, 2.45) is 23.2 Å². The minimum atomic E-state index is -0.185. The molecule has 4 heteroatoms. The lowest BCUT2D eigenvalue weighted by Gasteiger charge is -2.39. The Labute approximate surface area is 121 Å². The van der Waals surface area contributed by atoms with Crippen molar-refractivity contribution in [3.8, 4) is 0 Å². The predicted octanol–water partition coefficient (Wildman–Crippen LogP) is 2.47. The van der Waals surface area contributed by atoms with Gasteiger partial charge in [-0.05, 0) is 24.2 Å². The van der Waals surface area contributed by atoms with Gasteiger partial charge in [0.1, 0.15) is 0 Å². The van der Waals surface area contributed by atoms with Gasteiger partial charge in [0, 0.05) is 19.0 Å². The number of nitrogens with zero attached hydrogens (tertiary/aromatic N) is 1. The van der Waals surface area contributed by atoms with Crippen molar-refractivity contribution in [1.82, 2.24) is 4.90 Å². The SMILES string of the molecule is COC(=O)C1CN(C(=O)C2CCCCC2(C)C)CC1C. The Kier molecular flexibility index (Phi) is 4.40. The summed E-state index contributed by atoms with van der Waals surface area (Å²) in [5.41, 5.74) is 0.0852. The van der Waals surface area contributed by atoms with E-state index in [0.29, 0.717) is 13.1 Å². The fraction of sp³-hybridized carbons (Fsp3) is 0.875. The molecule has 114 valence electrons. The minimum absolute atomic E-state index is 0.0852. The molecule has 0 aromatic carbocycles. The van der Waals surface area contributed by atoms with Crippen molar-refractivity contribution in [2.75, 3.05) is 20.2 Å². The summed E-state index contributed by atoms with van der Waals surface area (Å²) in [6.07, 6.45) is 4.47. The van der Waals surface area contributed by atoms with Crippen molar-refractivity contribution < 1.29 is 14.3 Å². The van der Waals surface area contributed by atoms with Gasteiger partial charge in [-0.3, -0.25) is 9.59 Å². The van der Waals surface area contributed by atoms with Gasteiger partial charge >= 0.3 is 5.97 Å². The van der Waals surface area contributed by atoms with Crippen LogP contribution in [0, 0.1) is 23.2 Å². The van der Waals surface area contributed by atoms with E-state index in [0.717, 1.165) is 19.3 Å². The van der Waals surface area contributed by atoms with Crippen LogP contribution in [0.25, 0.3) is 0 Å². The fourth-order valence-corrected chi connectivity index (χ4v) is 3.78. The van der Waals surface area contributed by atoms with E-state index in [9.17, 15) is 9.59 Å². The second-order valence-electron chi connectivity index (χ2n) is 7.14. The largest absolute Gasteiger partial charge is 0.469 e. The van der Waals surface area contributed by atoms with Gasteiger partial charge in [-0.25, -0.2) is 0 Å². The molecular weight excluding hydrogens is 254 g/mol. The summed E-state index contributed by atoms with van der Waals surface area (Å²) < 4.78 is 4.84. The zero-order valence-corrected chi connectivity index (χ0v) is 13.1. The standard InChI is InChI=1S/C16H27NO3/c1-11-9-17(10-12(11)15(19)20-4)14(18)13-7-5-6-8-16(13,2)3/h11-13H,5-10H2,1-4H3. The Hall–Kier alpha value is -1.06. The Bertz CT molecular complexity index is 391. The number of esters is 1. The highest BCUT2D eigenvalue weighted by Gasteiger charge is 2.44. The molecule has 20 heavy (non-hydrogen) atoms. The van der Waals surface area contributed by atoms with E-state index in [1.165, 1.54) is 13.5 Å². The highest BCUT2D eigenvalue weighted by Crippen LogP contribution is 2.42. The monoisotopic (exact) mass is 281 g/mol. The number of methoxy groups -OCH3 is 1. The van der Waals surface area contributed by atoms with Crippen molar-refractivity contribution in [3.05, 3.63) is 0 Å². The average Bonchev–Trinajstić information content (AvgIpc) is 2.79. The second-order valence-corrected chi connectivity index (χ2v) is 7.14. The molecule has 2 aliphatic rings. The number of amides is 1. The molecule has 0 aromatic rings. The molecule has 1 heterocycles. The van der Waals surface area contributed by atoms with Crippen molar-refractivity contribution in [1.29, 1.82) is 0 Å².